The Hall–Kier alpha value is -0.410. The summed E-state index contributed by atoms with van der Waals surface area (Å²) in [5, 5.41) is 1.26. The molecule has 0 radical (unpaired) electrons. The first-order valence-electron chi connectivity index (χ1n) is 5.69. The number of para-hydroxylation sites is 1. The lowest BCUT2D eigenvalue weighted by atomic mass is 10.0. The molecule has 2 aromatic rings. The molecule has 1 nitrogen and oxygen atoms in total. The van der Waals surface area contributed by atoms with Crippen molar-refractivity contribution in [3.8, 4) is 0 Å². The summed E-state index contributed by atoms with van der Waals surface area (Å²) in [6.45, 7) is 4.50. The largest absolute Gasteiger partial charge is 0.241 e. The molecule has 0 bridgehead atoms. The third-order valence-electron chi connectivity index (χ3n) is 2.84. The lowest BCUT2D eigenvalue weighted by molar-refractivity contribution is 0.544. The van der Waals surface area contributed by atoms with Gasteiger partial charge in [0, 0.05) is 11.2 Å². The van der Waals surface area contributed by atoms with Crippen molar-refractivity contribution in [3.05, 3.63) is 29.3 Å². The van der Waals surface area contributed by atoms with Gasteiger partial charge in [-0.25, -0.2) is 4.98 Å². The number of aromatic nitrogens is 1. The van der Waals surface area contributed by atoms with Gasteiger partial charge in [-0.2, -0.15) is 0 Å². The van der Waals surface area contributed by atoms with Gasteiger partial charge in [0.1, 0.15) is 0 Å². The molecule has 2 atom stereocenters. The minimum Gasteiger partial charge on any atom is -0.241 e. The molecule has 1 aromatic carbocycles. The summed E-state index contributed by atoms with van der Waals surface area (Å²) in [5.74, 6) is 0.644. The first kappa shape index (κ1) is 12.1. The molecule has 3 heteroatoms. The van der Waals surface area contributed by atoms with Crippen molar-refractivity contribution in [1.82, 2.24) is 4.98 Å². The zero-order valence-electron chi connectivity index (χ0n) is 9.61. The van der Waals surface area contributed by atoms with E-state index in [2.05, 4.69) is 59.0 Å². The molecule has 86 valence electrons. The molecule has 0 aliphatic heterocycles. The maximum Gasteiger partial charge on any atom is 0.0941 e. The van der Waals surface area contributed by atoms with E-state index >= 15 is 0 Å². The second-order valence-corrected chi connectivity index (χ2v) is 6.47. The number of thiazole rings is 1. The molecule has 0 saturated carbocycles. The lowest BCUT2D eigenvalue weighted by Gasteiger charge is -2.14. The molecular weight excluding hydrogens is 282 g/mol. The van der Waals surface area contributed by atoms with Crippen molar-refractivity contribution < 1.29 is 0 Å². The molecule has 0 amide bonds. The molecule has 1 heterocycles. The quantitative estimate of drug-likeness (QED) is 0.749. The summed E-state index contributed by atoms with van der Waals surface area (Å²) in [5.41, 5.74) is 1.14. The van der Waals surface area contributed by atoms with Crippen LogP contribution in [0.25, 0.3) is 10.2 Å². The van der Waals surface area contributed by atoms with E-state index in [1.165, 1.54) is 16.1 Å². The topological polar surface area (TPSA) is 12.9 Å². The van der Waals surface area contributed by atoms with Crippen LogP contribution in [0.1, 0.15) is 25.3 Å². The first-order chi connectivity index (χ1) is 7.70. The maximum absolute atomic E-state index is 4.67. The van der Waals surface area contributed by atoms with Crippen molar-refractivity contribution in [2.24, 2.45) is 5.92 Å². The number of rotatable bonds is 4. The van der Waals surface area contributed by atoms with Crippen LogP contribution in [0.5, 0.6) is 0 Å². The lowest BCUT2D eigenvalue weighted by Crippen LogP contribution is -2.12. The molecule has 0 fully saturated rings. The molecular formula is C13H16BrNS. The van der Waals surface area contributed by atoms with E-state index in [1.54, 1.807) is 0 Å². The van der Waals surface area contributed by atoms with Gasteiger partial charge in [-0.15, -0.1) is 11.3 Å². The van der Waals surface area contributed by atoms with Gasteiger partial charge in [0.2, 0.25) is 0 Å². The van der Waals surface area contributed by atoms with E-state index in [1.807, 2.05) is 11.3 Å². The van der Waals surface area contributed by atoms with Gasteiger partial charge in [0.15, 0.2) is 0 Å². The SMILES string of the molecule is CCC(Br)C(C)Cc1nc2ccccc2s1. The van der Waals surface area contributed by atoms with E-state index < -0.39 is 0 Å². The Morgan fingerprint density at radius 3 is 2.81 bits per heavy atom. The van der Waals surface area contributed by atoms with E-state index in [9.17, 15) is 0 Å². The van der Waals surface area contributed by atoms with Crippen LogP contribution in [0, 0.1) is 5.92 Å². The van der Waals surface area contributed by atoms with Crippen LogP contribution >= 0.6 is 27.3 Å². The van der Waals surface area contributed by atoms with Crippen LogP contribution in [-0.4, -0.2) is 9.81 Å². The summed E-state index contributed by atoms with van der Waals surface area (Å²) in [6, 6.07) is 8.36. The Labute approximate surface area is 109 Å². The smallest absolute Gasteiger partial charge is 0.0941 e. The Bertz CT molecular complexity index is 433. The third kappa shape index (κ3) is 2.64. The summed E-state index contributed by atoms with van der Waals surface area (Å²) < 4.78 is 1.30. The highest BCUT2D eigenvalue weighted by Gasteiger charge is 2.14. The van der Waals surface area contributed by atoms with Gasteiger partial charge < -0.3 is 0 Å². The molecule has 2 unspecified atom stereocenters. The van der Waals surface area contributed by atoms with Crippen LogP contribution < -0.4 is 0 Å². The molecule has 16 heavy (non-hydrogen) atoms. The average molecular weight is 298 g/mol. The van der Waals surface area contributed by atoms with Crippen LogP contribution in [0.15, 0.2) is 24.3 Å². The summed E-state index contributed by atoms with van der Waals surface area (Å²) in [7, 11) is 0. The molecule has 0 aliphatic carbocycles. The third-order valence-corrected chi connectivity index (χ3v) is 5.45. The number of fused-ring (bicyclic) bond motifs is 1. The van der Waals surface area contributed by atoms with Crippen molar-refractivity contribution in [2.45, 2.75) is 31.5 Å². The molecule has 0 aliphatic rings. The number of halogens is 1. The highest BCUT2D eigenvalue weighted by atomic mass is 79.9. The Morgan fingerprint density at radius 2 is 2.12 bits per heavy atom. The van der Waals surface area contributed by atoms with E-state index in [0.717, 1.165) is 11.9 Å². The zero-order valence-corrected chi connectivity index (χ0v) is 12.0. The Balaban J connectivity index is 2.15. The zero-order chi connectivity index (χ0) is 11.5. The second-order valence-electron chi connectivity index (χ2n) is 4.18. The van der Waals surface area contributed by atoms with Gasteiger partial charge >= 0.3 is 0 Å². The second kappa shape index (κ2) is 5.28. The minimum absolute atomic E-state index is 0.597. The predicted octanol–water partition coefficient (Wildman–Crippen LogP) is 4.65. The van der Waals surface area contributed by atoms with Gasteiger partial charge in [-0.3, -0.25) is 0 Å². The summed E-state index contributed by atoms with van der Waals surface area (Å²) in [6.07, 6.45) is 2.25. The first-order valence-corrected chi connectivity index (χ1v) is 7.42. The van der Waals surface area contributed by atoms with E-state index in [-0.39, 0.29) is 0 Å². The van der Waals surface area contributed by atoms with Crippen molar-refractivity contribution in [1.29, 1.82) is 0 Å². The van der Waals surface area contributed by atoms with Crippen LogP contribution in [0.3, 0.4) is 0 Å². The normalized spacial score (nSPS) is 15.2. The molecule has 0 N–H and O–H groups in total. The van der Waals surface area contributed by atoms with Gasteiger partial charge in [0.25, 0.3) is 0 Å². The van der Waals surface area contributed by atoms with Crippen LogP contribution in [-0.2, 0) is 6.42 Å². The van der Waals surface area contributed by atoms with Crippen molar-refractivity contribution >= 4 is 37.5 Å². The summed E-state index contributed by atoms with van der Waals surface area (Å²) >= 11 is 5.54. The van der Waals surface area contributed by atoms with E-state index in [4.69, 9.17) is 0 Å². The van der Waals surface area contributed by atoms with Gasteiger partial charge in [0.05, 0.1) is 15.2 Å². The van der Waals surface area contributed by atoms with E-state index in [0.29, 0.717) is 10.7 Å². The monoisotopic (exact) mass is 297 g/mol. The van der Waals surface area contributed by atoms with Crippen molar-refractivity contribution in [2.75, 3.05) is 0 Å². The number of nitrogens with zero attached hydrogens (tertiary/aromatic N) is 1. The number of alkyl halides is 1. The number of hydrogen-bond donors (Lipinski definition) is 0. The highest BCUT2D eigenvalue weighted by Crippen LogP contribution is 2.26. The fraction of sp³-hybridized carbons (Fsp3) is 0.462. The predicted molar refractivity (Wildman–Crippen MR) is 75.5 cm³/mol. The van der Waals surface area contributed by atoms with Gasteiger partial charge in [-0.1, -0.05) is 41.9 Å². The fourth-order valence-corrected chi connectivity index (χ4v) is 3.11. The number of hydrogen-bond acceptors (Lipinski definition) is 2. The van der Waals surface area contributed by atoms with Crippen molar-refractivity contribution in [3.63, 3.8) is 0 Å². The van der Waals surface area contributed by atoms with Gasteiger partial charge in [-0.05, 0) is 24.5 Å². The molecule has 2 rings (SSSR count). The fourth-order valence-electron chi connectivity index (χ4n) is 1.81. The maximum atomic E-state index is 4.67. The van der Waals surface area contributed by atoms with Crippen LogP contribution in [0.2, 0.25) is 0 Å². The Morgan fingerprint density at radius 1 is 1.38 bits per heavy atom. The standard InChI is InChI=1S/C13H16BrNS/c1-3-10(14)9(2)8-13-15-11-6-4-5-7-12(11)16-13/h4-7,9-10H,3,8H2,1-2H3. The Kier molecular flexibility index (Phi) is 3.98. The molecule has 0 saturated heterocycles. The molecule has 1 aromatic heterocycles. The minimum atomic E-state index is 0.597. The summed E-state index contributed by atoms with van der Waals surface area (Å²) in [4.78, 5) is 5.26. The molecule has 0 spiro atoms. The number of benzene rings is 1. The average Bonchev–Trinajstić information content (AvgIpc) is 2.69. The van der Waals surface area contributed by atoms with Crippen LogP contribution in [0.4, 0.5) is 0 Å². The highest BCUT2D eigenvalue weighted by molar-refractivity contribution is 9.09.